The molecule has 1 aliphatic rings. The quantitative estimate of drug-likeness (QED) is 0.815. The van der Waals surface area contributed by atoms with Crippen molar-refractivity contribution in [3.8, 4) is 0 Å². The molecule has 1 aliphatic heterocycles. The monoisotopic (exact) mass is 360 g/mol. The standard InChI is InChI=1S/C13H16BrNO4S/c14-11-6-5-10(13(16)17)9-12(11)20(18,19)15-7-3-1-2-4-8-15/h5-6,9H,1-4,7-8H2,(H,16,17)/p-1. The first kappa shape index (κ1) is 15.5. The summed E-state index contributed by atoms with van der Waals surface area (Å²) in [5, 5.41) is 10.9. The summed E-state index contributed by atoms with van der Waals surface area (Å²) in [5.74, 6) is -1.38. The van der Waals surface area contributed by atoms with Gasteiger partial charge in [0.15, 0.2) is 0 Å². The van der Waals surface area contributed by atoms with Crippen LogP contribution in [0.5, 0.6) is 0 Å². The minimum atomic E-state index is -3.68. The number of sulfonamides is 1. The van der Waals surface area contributed by atoms with Crippen molar-refractivity contribution in [3.63, 3.8) is 0 Å². The second kappa shape index (κ2) is 6.24. The van der Waals surface area contributed by atoms with E-state index in [1.54, 1.807) is 0 Å². The maximum absolute atomic E-state index is 12.6. The zero-order valence-corrected chi connectivity index (χ0v) is 13.2. The Morgan fingerprint density at radius 1 is 1.15 bits per heavy atom. The summed E-state index contributed by atoms with van der Waals surface area (Å²) in [6, 6.07) is 3.90. The largest absolute Gasteiger partial charge is 0.545 e. The average Bonchev–Trinajstić information content (AvgIpc) is 2.68. The van der Waals surface area contributed by atoms with Crippen LogP contribution in [0.4, 0.5) is 0 Å². The van der Waals surface area contributed by atoms with Crippen LogP contribution in [0.15, 0.2) is 27.6 Å². The lowest BCUT2D eigenvalue weighted by Crippen LogP contribution is -2.32. The fourth-order valence-electron chi connectivity index (χ4n) is 2.25. The number of hydrogen-bond acceptors (Lipinski definition) is 4. The fourth-order valence-corrected chi connectivity index (χ4v) is 4.72. The van der Waals surface area contributed by atoms with Crippen molar-refractivity contribution in [3.05, 3.63) is 28.2 Å². The van der Waals surface area contributed by atoms with Crippen LogP contribution in [-0.4, -0.2) is 31.8 Å². The van der Waals surface area contributed by atoms with Crippen LogP contribution in [0.1, 0.15) is 36.0 Å². The molecular formula is C13H15BrNO4S-. The molecule has 1 aromatic rings. The van der Waals surface area contributed by atoms with E-state index in [-0.39, 0.29) is 10.5 Å². The van der Waals surface area contributed by atoms with Crippen molar-refractivity contribution in [1.82, 2.24) is 4.31 Å². The van der Waals surface area contributed by atoms with E-state index < -0.39 is 16.0 Å². The second-order valence-corrected chi connectivity index (χ2v) is 7.51. The number of carbonyl (C=O) groups is 1. The normalized spacial score (nSPS) is 17.6. The number of aromatic carboxylic acids is 1. The Morgan fingerprint density at radius 2 is 1.75 bits per heavy atom. The smallest absolute Gasteiger partial charge is 0.244 e. The summed E-state index contributed by atoms with van der Waals surface area (Å²) in [7, 11) is -3.68. The van der Waals surface area contributed by atoms with E-state index in [2.05, 4.69) is 15.9 Å². The Bertz CT molecular complexity index is 607. The molecule has 0 aliphatic carbocycles. The molecule has 0 aromatic heterocycles. The van der Waals surface area contributed by atoms with Crippen LogP contribution in [0, 0.1) is 0 Å². The third-order valence-corrected chi connectivity index (χ3v) is 6.24. The summed E-state index contributed by atoms with van der Waals surface area (Å²) in [6.07, 6.45) is 3.70. The maximum Gasteiger partial charge on any atom is 0.244 e. The van der Waals surface area contributed by atoms with E-state index in [1.807, 2.05) is 0 Å². The number of halogens is 1. The molecule has 0 spiro atoms. The predicted molar refractivity (Wildman–Crippen MR) is 75.7 cm³/mol. The predicted octanol–water partition coefficient (Wildman–Crippen LogP) is 1.38. The molecular weight excluding hydrogens is 346 g/mol. The molecule has 20 heavy (non-hydrogen) atoms. The lowest BCUT2D eigenvalue weighted by atomic mass is 10.2. The van der Waals surface area contributed by atoms with Gasteiger partial charge in [-0.15, -0.1) is 0 Å². The molecule has 0 amide bonds. The minimum absolute atomic E-state index is 0.0129. The van der Waals surface area contributed by atoms with Gasteiger partial charge in [0.2, 0.25) is 10.0 Å². The Morgan fingerprint density at radius 3 is 2.30 bits per heavy atom. The van der Waals surface area contributed by atoms with E-state index in [0.717, 1.165) is 31.7 Å². The zero-order chi connectivity index (χ0) is 14.8. The molecule has 1 heterocycles. The molecule has 0 unspecified atom stereocenters. The zero-order valence-electron chi connectivity index (χ0n) is 10.8. The van der Waals surface area contributed by atoms with Crippen molar-refractivity contribution in [2.24, 2.45) is 0 Å². The highest BCUT2D eigenvalue weighted by atomic mass is 79.9. The van der Waals surface area contributed by atoms with Gasteiger partial charge in [-0.05, 0) is 46.5 Å². The lowest BCUT2D eigenvalue weighted by molar-refractivity contribution is -0.255. The van der Waals surface area contributed by atoms with Crippen molar-refractivity contribution in [2.45, 2.75) is 30.6 Å². The van der Waals surface area contributed by atoms with Crippen molar-refractivity contribution in [1.29, 1.82) is 0 Å². The average molecular weight is 361 g/mol. The molecule has 0 bridgehead atoms. The first-order valence-corrected chi connectivity index (χ1v) is 8.67. The summed E-state index contributed by atoms with van der Waals surface area (Å²) in [5.41, 5.74) is -0.137. The number of hydrogen-bond donors (Lipinski definition) is 0. The van der Waals surface area contributed by atoms with E-state index >= 15 is 0 Å². The Kier molecular flexibility index (Phi) is 4.82. The molecule has 110 valence electrons. The van der Waals surface area contributed by atoms with Crippen LogP contribution in [0.2, 0.25) is 0 Å². The lowest BCUT2D eigenvalue weighted by Gasteiger charge is -2.21. The summed E-state index contributed by atoms with van der Waals surface area (Å²) in [6.45, 7) is 0.953. The van der Waals surface area contributed by atoms with Crippen LogP contribution >= 0.6 is 15.9 Å². The van der Waals surface area contributed by atoms with Gasteiger partial charge < -0.3 is 9.90 Å². The van der Waals surface area contributed by atoms with E-state index in [9.17, 15) is 18.3 Å². The minimum Gasteiger partial charge on any atom is -0.545 e. The molecule has 2 rings (SSSR count). The molecule has 0 saturated carbocycles. The van der Waals surface area contributed by atoms with Crippen molar-refractivity contribution < 1.29 is 18.3 Å². The Hall–Kier alpha value is -0.920. The van der Waals surface area contributed by atoms with Crippen LogP contribution in [-0.2, 0) is 10.0 Å². The molecule has 0 radical (unpaired) electrons. The molecule has 0 atom stereocenters. The van der Waals surface area contributed by atoms with Gasteiger partial charge in [-0.2, -0.15) is 4.31 Å². The van der Waals surface area contributed by atoms with Gasteiger partial charge in [0, 0.05) is 17.6 Å². The second-order valence-electron chi connectivity index (χ2n) is 4.75. The number of carboxylic acid groups (broad SMARTS) is 1. The summed E-state index contributed by atoms with van der Waals surface area (Å²) >= 11 is 3.18. The molecule has 5 nitrogen and oxygen atoms in total. The van der Waals surface area contributed by atoms with Crippen LogP contribution in [0.25, 0.3) is 0 Å². The van der Waals surface area contributed by atoms with Crippen molar-refractivity contribution in [2.75, 3.05) is 13.1 Å². The van der Waals surface area contributed by atoms with E-state index in [0.29, 0.717) is 17.6 Å². The first-order chi connectivity index (χ1) is 9.43. The Labute approximate surface area is 126 Å². The highest BCUT2D eigenvalue weighted by molar-refractivity contribution is 9.10. The SMILES string of the molecule is O=C([O-])c1ccc(Br)c(S(=O)(=O)N2CCCCCC2)c1. The molecule has 1 saturated heterocycles. The van der Waals surface area contributed by atoms with E-state index in [4.69, 9.17) is 0 Å². The van der Waals surface area contributed by atoms with Gasteiger partial charge in [0.1, 0.15) is 0 Å². The third-order valence-electron chi connectivity index (χ3n) is 3.35. The highest BCUT2D eigenvalue weighted by Gasteiger charge is 2.27. The van der Waals surface area contributed by atoms with Crippen LogP contribution < -0.4 is 5.11 Å². The number of carbonyl (C=O) groups excluding carboxylic acids is 1. The van der Waals surface area contributed by atoms with Gasteiger partial charge in [-0.25, -0.2) is 8.42 Å². The van der Waals surface area contributed by atoms with Gasteiger partial charge in [-0.1, -0.05) is 18.9 Å². The maximum atomic E-state index is 12.6. The molecule has 1 aromatic carbocycles. The van der Waals surface area contributed by atoms with Crippen LogP contribution in [0.3, 0.4) is 0 Å². The van der Waals surface area contributed by atoms with Gasteiger partial charge in [0.05, 0.1) is 10.9 Å². The highest BCUT2D eigenvalue weighted by Crippen LogP contribution is 2.27. The fraction of sp³-hybridized carbons (Fsp3) is 0.462. The van der Waals surface area contributed by atoms with E-state index in [1.165, 1.54) is 16.4 Å². The number of benzene rings is 1. The van der Waals surface area contributed by atoms with Gasteiger partial charge in [0.25, 0.3) is 0 Å². The Balaban J connectivity index is 2.42. The third kappa shape index (κ3) is 3.21. The first-order valence-electron chi connectivity index (χ1n) is 6.44. The topological polar surface area (TPSA) is 77.5 Å². The number of rotatable bonds is 3. The number of nitrogens with zero attached hydrogens (tertiary/aromatic N) is 1. The summed E-state index contributed by atoms with van der Waals surface area (Å²) < 4.78 is 27.0. The molecule has 7 heteroatoms. The summed E-state index contributed by atoms with van der Waals surface area (Å²) in [4.78, 5) is 10.9. The van der Waals surface area contributed by atoms with Gasteiger partial charge >= 0.3 is 0 Å². The van der Waals surface area contributed by atoms with Crippen molar-refractivity contribution >= 4 is 31.9 Å². The molecule has 0 N–H and O–H groups in total. The number of carboxylic acids is 1. The van der Waals surface area contributed by atoms with Gasteiger partial charge in [-0.3, -0.25) is 0 Å². The molecule has 1 fully saturated rings.